The van der Waals surface area contributed by atoms with Crippen LogP contribution in [0.15, 0.2) is 54.9 Å². The first-order valence-electron chi connectivity index (χ1n) is 10.3. The van der Waals surface area contributed by atoms with Crippen molar-refractivity contribution in [1.82, 2.24) is 25.1 Å². The van der Waals surface area contributed by atoms with E-state index in [9.17, 15) is 4.79 Å². The standard InChI is InChI=1S/C22H23Cl2N5O2/c23-17-9-11-20(24)19(13-17)21(14-29-26-15-25-27-29)31-22(30)28-12-4-7-18(28)10-8-16-5-2-1-3-6-16/h1-3,5-6,9,11,13,15,18,21H,4,7-8,10,12,14H2/t18-,21?/m1/s1. The van der Waals surface area contributed by atoms with Gasteiger partial charge in [-0.2, -0.15) is 4.80 Å². The van der Waals surface area contributed by atoms with E-state index in [1.165, 1.54) is 16.7 Å². The highest BCUT2D eigenvalue weighted by atomic mass is 35.5. The molecule has 1 fully saturated rings. The summed E-state index contributed by atoms with van der Waals surface area (Å²) in [4.78, 5) is 16.3. The van der Waals surface area contributed by atoms with Crippen LogP contribution < -0.4 is 0 Å². The molecule has 0 spiro atoms. The Morgan fingerprint density at radius 1 is 1.19 bits per heavy atom. The van der Waals surface area contributed by atoms with E-state index in [0.29, 0.717) is 22.2 Å². The Labute approximate surface area is 190 Å². The Balaban J connectivity index is 1.47. The summed E-state index contributed by atoms with van der Waals surface area (Å²) >= 11 is 12.6. The SMILES string of the molecule is O=C(OC(Cn1ncnn1)c1cc(Cl)ccc1Cl)N1CCC[C@@H]1CCc1ccccc1. The molecule has 1 saturated heterocycles. The van der Waals surface area contributed by atoms with Gasteiger partial charge in [0.25, 0.3) is 0 Å². The number of ether oxygens (including phenoxy) is 1. The second-order valence-electron chi connectivity index (χ2n) is 7.54. The molecule has 1 amide bonds. The number of tetrazole rings is 1. The van der Waals surface area contributed by atoms with Gasteiger partial charge in [0.05, 0.1) is 0 Å². The molecule has 0 bridgehead atoms. The third-order valence-electron chi connectivity index (χ3n) is 5.49. The number of amides is 1. The molecule has 0 saturated carbocycles. The van der Waals surface area contributed by atoms with E-state index in [0.717, 1.165) is 25.7 Å². The van der Waals surface area contributed by atoms with Crippen molar-refractivity contribution in [2.75, 3.05) is 6.54 Å². The molecule has 162 valence electrons. The molecule has 2 aromatic carbocycles. The zero-order valence-electron chi connectivity index (χ0n) is 16.9. The molecule has 0 radical (unpaired) electrons. The maximum Gasteiger partial charge on any atom is 0.410 e. The first-order chi connectivity index (χ1) is 15.1. The Morgan fingerprint density at radius 2 is 2.03 bits per heavy atom. The van der Waals surface area contributed by atoms with E-state index in [1.54, 1.807) is 18.2 Å². The molecule has 0 N–H and O–H groups in total. The summed E-state index contributed by atoms with van der Waals surface area (Å²) in [6.07, 6.45) is 4.02. The van der Waals surface area contributed by atoms with Gasteiger partial charge >= 0.3 is 6.09 Å². The van der Waals surface area contributed by atoms with Gasteiger partial charge in [0.2, 0.25) is 0 Å². The molecule has 1 aromatic heterocycles. The van der Waals surface area contributed by atoms with Crippen molar-refractivity contribution < 1.29 is 9.53 Å². The Kier molecular flexibility index (Phi) is 7.04. The van der Waals surface area contributed by atoms with E-state index in [4.69, 9.17) is 27.9 Å². The maximum atomic E-state index is 13.1. The number of hydrogen-bond donors (Lipinski definition) is 0. The highest BCUT2D eigenvalue weighted by molar-refractivity contribution is 6.33. The van der Waals surface area contributed by atoms with Crippen LogP contribution in [-0.2, 0) is 17.7 Å². The van der Waals surface area contributed by atoms with Gasteiger partial charge in [0.1, 0.15) is 6.54 Å². The highest BCUT2D eigenvalue weighted by Crippen LogP contribution is 2.31. The number of carbonyl (C=O) groups excluding carboxylic acids is 1. The topological polar surface area (TPSA) is 73.1 Å². The predicted octanol–water partition coefficient (Wildman–Crippen LogP) is 4.96. The summed E-state index contributed by atoms with van der Waals surface area (Å²) in [7, 11) is 0. The molecular formula is C22H23Cl2N5O2. The average molecular weight is 460 g/mol. The smallest absolute Gasteiger partial charge is 0.410 e. The van der Waals surface area contributed by atoms with Gasteiger partial charge in [0, 0.05) is 28.2 Å². The lowest BCUT2D eigenvalue weighted by Gasteiger charge is -2.27. The van der Waals surface area contributed by atoms with Crippen LogP contribution in [0.5, 0.6) is 0 Å². The van der Waals surface area contributed by atoms with Crippen LogP contribution in [0.3, 0.4) is 0 Å². The minimum atomic E-state index is -0.691. The van der Waals surface area contributed by atoms with Crippen molar-refractivity contribution in [3.8, 4) is 0 Å². The van der Waals surface area contributed by atoms with Crippen LogP contribution in [0, 0.1) is 0 Å². The lowest BCUT2D eigenvalue weighted by atomic mass is 10.0. The van der Waals surface area contributed by atoms with Gasteiger partial charge in [-0.05, 0) is 54.7 Å². The zero-order chi connectivity index (χ0) is 21.6. The zero-order valence-corrected chi connectivity index (χ0v) is 18.4. The van der Waals surface area contributed by atoms with Crippen molar-refractivity contribution in [2.45, 2.75) is 44.4 Å². The monoisotopic (exact) mass is 459 g/mol. The molecule has 7 nitrogen and oxygen atoms in total. The van der Waals surface area contributed by atoms with E-state index in [-0.39, 0.29) is 18.7 Å². The Morgan fingerprint density at radius 3 is 2.81 bits per heavy atom. The number of carbonyl (C=O) groups is 1. The average Bonchev–Trinajstić information content (AvgIpc) is 3.46. The van der Waals surface area contributed by atoms with E-state index in [1.807, 2.05) is 23.1 Å². The first kappa shape index (κ1) is 21.6. The molecule has 4 rings (SSSR count). The first-order valence-corrected chi connectivity index (χ1v) is 11.0. The number of halogens is 2. The van der Waals surface area contributed by atoms with E-state index < -0.39 is 6.10 Å². The molecule has 3 aromatic rings. The third kappa shape index (κ3) is 5.54. The number of aromatic nitrogens is 4. The summed E-state index contributed by atoms with van der Waals surface area (Å²) in [6.45, 7) is 0.865. The molecular weight excluding hydrogens is 437 g/mol. The summed E-state index contributed by atoms with van der Waals surface area (Å²) in [5.74, 6) is 0. The molecule has 1 unspecified atom stereocenters. The highest BCUT2D eigenvalue weighted by Gasteiger charge is 2.32. The second kappa shape index (κ2) is 10.1. The number of nitrogens with zero attached hydrogens (tertiary/aromatic N) is 5. The molecule has 1 aliphatic heterocycles. The fraction of sp³-hybridized carbons (Fsp3) is 0.364. The van der Waals surface area contributed by atoms with Gasteiger partial charge in [0.15, 0.2) is 12.4 Å². The predicted molar refractivity (Wildman–Crippen MR) is 118 cm³/mol. The summed E-state index contributed by atoms with van der Waals surface area (Å²) in [6, 6.07) is 15.5. The van der Waals surface area contributed by atoms with Crippen molar-refractivity contribution in [3.63, 3.8) is 0 Å². The fourth-order valence-electron chi connectivity index (χ4n) is 3.92. The van der Waals surface area contributed by atoms with Crippen LogP contribution in [0.25, 0.3) is 0 Å². The lowest BCUT2D eigenvalue weighted by Crippen LogP contribution is -2.37. The quantitative estimate of drug-likeness (QED) is 0.499. The van der Waals surface area contributed by atoms with Gasteiger partial charge in [-0.15, -0.1) is 10.2 Å². The molecule has 2 atom stereocenters. The van der Waals surface area contributed by atoms with Crippen LogP contribution in [-0.4, -0.2) is 43.8 Å². The summed E-state index contributed by atoms with van der Waals surface area (Å²) < 4.78 is 5.93. The van der Waals surface area contributed by atoms with Gasteiger partial charge in [-0.1, -0.05) is 53.5 Å². The normalized spacial score (nSPS) is 17.0. The number of hydrogen-bond acceptors (Lipinski definition) is 5. The number of likely N-dealkylation sites (tertiary alicyclic amines) is 1. The Bertz CT molecular complexity index is 1000. The lowest BCUT2D eigenvalue weighted by molar-refractivity contribution is 0.0469. The molecule has 2 heterocycles. The van der Waals surface area contributed by atoms with E-state index >= 15 is 0 Å². The van der Waals surface area contributed by atoms with Crippen LogP contribution in [0.1, 0.15) is 36.5 Å². The largest absolute Gasteiger partial charge is 0.439 e. The molecule has 31 heavy (non-hydrogen) atoms. The van der Waals surface area contributed by atoms with Crippen molar-refractivity contribution in [3.05, 3.63) is 76.0 Å². The summed E-state index contributed by atoms with van der Waals surface area (Å²) in [5.41, 5.74) is 1.88. The van der Waals surface area contributed by atoms with Crippen LogP contribution in [0.4, 0.5) is 4.79 Å². The fourth-order valence-corrected chi connectivity index (χ4v) is 4.34. The van der Waals surface area contributed by atoms with Gasteiger partial charge in [-0.3, -0.25) is 0 Å². The minimum absolute atomic E-state index is 0.146. The van der Waals surface area contributed by atoms with Crippen molar-refractivity contribution >= 4 is 29.3 Å². The van der Waals surface area contributed by atoms with E-state index in [2.05, 4.69) is 27.5 Å². The summed E-state index contributed by atoms with van der Waals surface area (Å²) in [5, 5.41) is 12.6. The van der Waals surface area contributed by atoms with Crippen molar-refractivity contribution in [2.24, 2.45) is 0 Å². The molecule has 1 aliphatic rings. The van der Waals surface area contributed by atoms with Crippen LogP contribution in [0.2, 0.25) is 10.0 Å². The van der Waals surface area contributed by atoms with Crippen LogP contribution >= 0.6 is 23.2 Å². The van der Waals surface area contributed by atoms with Crippen molar-refractivity contribution in [1.29, 1.82) is 0 Å². The number of aryl methyl sites for hydroxylation is 1. The number of benzene rings is 2. The Hall–Kier alpha value is -2.64. The van der Waals surface area contributed by atoms with Gasteiger partial charge in [-0.25, -0.2) is 4.79 Å². The maximum absolute atomic E-state index is 13.1. The molecule has 0 aliphatic carbocycles. The van der Waals surface area contributed by atoms with Gasteiger partial charge < -0.3 is 9.64 Å². The third-order valence-corrected chi connectivity index (χ3v) is 6.07. The minimum Gasteiger partial charge on any atom is -0.439 e. The second-order valence-corrected chi connectivity index (χ2v) is 8.39. The number of rotatable bonds is 7. The molecule has 9 heteroatoms.